The number of carbonyl (C=O) groups excluding carboxylic acids is 1. The van der Waals surface area contributed by atoms with Crippen molar-refractivity contribution < 1.29 is 4.79 Å². The van der Waals surface area contributed by atoms with Crippen LogP contribution >= 0.6 is 27.7 Å². The van der Waals surface area contributed by atoms with Crippen molar-refractivity contribution in [2.75, 3.05) is 12.8 Å². The fourth-order valence-electron chi connectivity index (χ4n) is 1.06. The maximum absolute atomic E-state index is 11.8. The zero-order valence-corrected chi connectivity index (χ0v) is 11.5. The van der Waals surface area contributed by atoms with Gasteiger partial charge in [-0.3, -0.25) is 15.1 Å². The molecule has 1 aromatic carbocycles. The molecule has 0 radical (unpaired) electrons. The molecule has 0 amide bonds. The lowest BCUT2D eigenvalue weighted by Crippen LogP contribution is -2.16. The van der Waals surface area contributed by atoms with Gasteiger partial charge in [-0.05, 0) is 12.1 Å². The Kier molecular flexibility index (Phi) is 5.73. The lowest BCUT2D eigenvalue weighted by molar-refractivity contribution is 0.102. The molecule has 17 heavy (non-hydrogen) atoms. The van der Waals surface area contributed by atoms with Gasteiger partial charge in [0.25, 0.3) is 0 Å². The molecule has 0 bridgehead atoms. The maximum atomic E-state index is 11.8. The Bertz CT molecular complexity index is 465. The number of nitrogens with zero attached hydrogens (tertiary/aromatic N) is 2. The number of nitriles is 1. The molecule has 0 saturated carbocycles. The average Bonchev–Trinajstić information content (AvgIpc) is 2.35. The molecule has 6 heteroatoms. The van der Waals surface area contributed by atoms with Crippen LogP contribution in [0, 0.1) is 11.5 Å². The summed E-state index contributed by atoms with van der Waals surface area (Å²) in [6.45, 7) is 0. The van der Waals surface area contributed by atoms with Gasteiger partial charge in [0.15, 0.2) is 17.1 Å². The minimum absolute atomic E-state index is 0.00314. The van der Waals surface area contributed by atoms with Crippen molar-refractivity contribution in [3.63, 3.8) is 0 Å². The average molecular weight is 312 g/mol. The van der Waals surface area contributed by atoms with E-state index in [0.717, 1.165) is 4.47 Å². The second-order valence-electron chi connectivity index (χ2n) is 2.98. The highest BCUT2D eigenvalue weighted by atomic mass is 79.9. The molecule has 0 unspecified atom stereocenters. The number of hydrogen-bond acceptors (Lipinski definition) is 4. The number of amidine groups is 1. The van der Waals surface area contributed by atoms with E-state index in [0.29, 0.717) is 10.7 Å². The zero-order valence-electron chi connectivity index (χ0n) is 9.11. The Hall–Kier alpha value is -1.32. The van der Waals surface area contributed by atoms with Crippen LogP contribution in [-0.4, -0.2) is 23.8 Å². The molecule has 0 fully saturated rings. The summed E-state index contributed by atoms with van der Waals surface area (Å²) < 4.78 is 0.934. The number of ketones is 1. The number of benzene rings is 1. The van der Waals surface area contributed by atoms with Gasteiger partial charge in [-0.15, -0.1) is 0 Å². The highest BCUT2D eigenvalue weighted by molar-refractivity contribution is 9.10. The molecule has 1 N–H and O–H groups in total. The van der Waals surface area contributed by atoms with Gasteiger partial charge < -0.3 is 0 Å². The Morgan fingerprint density at radius 3 is 2.71 bits per heavy atom. The molecular formula is C11H10BrN3OS. The second-order valence-corrected chi connectivity index (χ2v) is 4.86. The SMILES string of the molecule is CN=C(NC#N)SCC(=O)c1ccc(Br)cc1. The van der Waals surface area contributed by atoms with Crippen LogP contribution in [0.25, 0.3) is 0 Å². The summed E-state index contributed by atoms with van der Waals surface area (Å²) >= 11 is 4.52. The summed E-state index contributed by atoms with van der Waals surface area (Å²) in [4.78, 5) is 15.6. The third-order valence-electron chi connectivity index (χ3n) is 1.87. The molecule has 4 nitrogen and oxygen atoms in total. The zero-order chi connectivity index (χ0) is 12.7. The largest absolute Gasteiger partial charge is 0.293 e. The molecule has 0 spiro atoms. The molecule has 0 aliphatic rings. The van der Waals surface area contributed by atoms with Gasteiger partial charge in [0, 0.05) is 17.1 Å². The van der Waals surface area contributed by atoms with Gasteiger partial charge in [-0.2, -0.15) is 5.26 Å². The van der Waals surface area contributed by atoms with E-state index in [1.165, 1.54) is 11.8 Å². The Morgan fingerprint density at radius 2 is 2.18 bits per heavy atom. The first kappa shape index (κ1) is 13.7. The van der Waals surface area contributed by atoms with Crippen molar-refractivity contribution in [1.82, 2.24) is 5.32 Å². The summed E-state index contributed by atoms with van der Waals surface area (Å²) in [6, 6.07) is 7.15. The van der Waals surface area contributed by atoms with Crippen molar-refractivity contribution >= 4 is 38.6 Å². The third-order valence-corrected chi connectivity index (χ3v) is 3.37. The van der Waals surface area contributed by atoms with E-state index in [1.807, 2.05) is 12.1 Å². The molecule has 0 saturated heterocycles. The number of thioether (sulfide) groups is 1. The van der Waals surface area contributed by atoms with Crippen LogP contribution in [0.3, 0.4) is 0 Å². The van der Waals surface area contributed by atoms with E-state index >= 15 is 0 Å². The lowest BCUT2D eigenvalue weighted by atomic mass is 10.2. The lowest BCUT2D eigenvalue weighted by Gasteiger charge is -2.02. The van der Waals surface area contributed by atoms with E-state index < -0.39 is 0 Å². The smallest absolute Gasteiger partial charge is 0.183 e. The molecule has 1 rings (SSSR count). The van der Waals surface area contributed by atoms with Crippen LogP contribution < -0.4 is 5.32 Å². The normalized spacial score (nSPS) is 10.8. The number of carbonyl (C=O) groups is 1. The Labute approximate surface area is 112 Å². The van der Waals surface area contributed by atoms with Crippen LogP contribution in [0.15, 0.2) is 33.7 Å². The predicted octanol–water partition coefficient (Wildman–Crippen LogP) is 2.42. The first-order valence-corrected chi connectivity index (χ1v) is 6.48. The molecule has 0 atom stereocenters. The van der Waals surface area contributed by atoms with E-state index in [4.69, 9.17) is 5.26 Å². The first-order valence-electron chi connectivity index (χ1n) is 4.71. The van der Waals surface area contributed by atoms with E-state index in [1.54, 1.807) is 25.4 Å². The van der Waals surface area contributed by atoms with Crippen molar-refractivity contribution in [2.24, 2.45) is 4.99 Å². The minimum Gasteiger partial charge on any atom is -0.293 e. The molecule has 0 heterocycles. The number of halogens is 1. The second kappa shape index (κ2) is 7.09. The summed E-state index contributed by atoms with van der Waals surface area (Å²) in [7, 11) is 1.57. The van der Waals surface area contributed by atoms with E-state index in [2.05, 4.69) is 26.2 Å². The van der Waals surface area contributed by atoms with E-state index in [9.17, 15) is 4.79 Å². The highest BCUT2D eigenvalue weighted by Gasteiger charge is 2.08. The summed E-state index contributed by atoms with van der Waals surface area (Å²) in [5.74, 6) is 0.256. The third kappa shape index (κ3) is 4.59. The number of aliphatic imine (C=N–C) groups is 1. The number of rotatable bonds is 3. The van der Waals surface area contributed by atoms with Gasteiger partial charge in [0.2, 0.25) is 0 Å². The van der Waals surface area contributed by atoms with Gasteiger partial charge >= 0.3 is 0 Å². The predicted molar refractivity (Wildman–Crippen MR) is 73.0 cm³/mol. The molecule has 0 aliphatic heterocycles. The fourth-order valence-corrected chi connectivity index (χ4v) is 2.00. The monoisotopic (exact) mass is 311 g/mol. The molecule has 0 aliphatic carbocycles. The van der Waals surface area contributed by atoms with Crippen LogP contribution in [0.4, 0.5) is 0 Å². The fraction of sp³-hybridized carbons (Fsp3) is 0.182. The van der Waals surface area contributed by atoms with E-state index in [-0.39, 0.29) is 11.5 Å². The van der Waals surface area contributed by atoms with Crippen LogP contribution in [0.1, 0.15) is 10.4 Å². The van der Waals surface area contributed by atoms with Crippen molar-refractivity contribution in [3.05, 3.63) is 34.3 Å². The maximum Gasteiger partial charge on any atom is 0.183 e. The standard InChI is InChI=1S/C11H10BrN3OS/c1-14-11(15-7-13)17-6-10(16)8-2-4-9(12)5-3-8/h2-5H,6H2,1H3,(H,14,15). The molecule has 0 aromatic heterocycles. The summed E-state index contributed by atoms with van der Waals surface area (Å²) in [6.07, 6.45) is 1.77. The summed E-state index contributed by atoms with van der Waals surface area (Å²) in [5, 5.41) is 11.3. The van der Waals surface area contributed by atoms with Crippen molar-refractivity contribution in [1.29, 1.82) is 5.26 Å². The number of Topliss-reactive ketones (excluding diaryl/α,β-unsaturated/α-hetero) is 1. The number of nitrogens with one attached hydrogen (secondary N) is 1. The van der Waals surface area contributed by atoms with Gasteiger partial charge in [-0.25, -0.2) is 0 Å². The summed E-state index contributed by atoms with van der Waals surface area (Å²) in [5.41, 5.74) is 0.646. The van der Waals surface area contributed by atoms with Crippen molar-refractivity contribution in [3.8, 4) is 6.19 Å². The van der Waals surface area contributed by atoms with Crippen LogP contribution in [0.5, 0.6) is 0 Å². The van der Waals surface area contributed by atoms with Gasteiger partial charge in [0.1, 0.15) is 0 Å². The molecular weight excluding hydrogens is 302 g/mol. The topological polar surface area (TPSA) is 65.2 Å². The van der Waals surface area contributed by atoms with Crippen LogP contribution in [0.2, 0.25) is 0 Å². The minimum atomic E-state index is 0.00314. The quantitative estimate of drug-likeness (QED) is 0.306. The van der Waals surface area contributed by atoms with Gasteiger partial charge in [-0.1, -0.05) is 39.8 Å². The Balaban J connectivity index is 2.56. The van der Waals surface area contributed by atoms with Crippen LogP contribution in [-0.2, 0) is 0 Å². The number of hydrogen-bond donors (Lipinski definition) is 1. The molecule has 88 valence electrons. The highest BCUT2D eigenvalue weighted by Crippen LogP contribution is 2.13. The first-order chi connectivity index (χ1) is 8.17. The van der Waals surface area contributed by atoms with Crippen molar-refractivity contribution in [2.45, 2.75) is 0 Å². The Morgan fingerprint density at radius 1 is 1.53 bits per heavy atom. The molecule has 1 aromatic rings. The van der Waals surface area contributed by atoms with Gasteiger partial charge in [0.05, 0.1) is 5.75 Å².